The van der Waals surface area contributed by atoms with Crippen LogP contribution in [0.5, 0.6) is 5.88 Å². The summed E-state index contributed by atoms with van der Waals surface area (Å²) in [5.41, 5.74) is 4.19. The van der Waals surface area contributed by atoms with Gasteiger partial charge in [0.1, 0.15) is 18.3 Å². The van der Waals surface area contributed by atoms with Crippen LogP contribution in [0.25, 0.3) is 22.3 Å². The fourth-order valence-corrected chi connectivity index (χ4v) is 5.28. The summed E-state index contributed by atoms with van der Waals surface area (Å²) in [6.45, 7) is 2.48. The second-order valence-corrected chi connectivity index (χ2v) is 9.52. The Balaban J connectivity index is 1.25. The van der Waals surface area contributed by atoms with Gasteiger partial charge in [-0.1, -0.05) is 35.9 Å². The molecule has 1 saturated carbocycles. The molecule has 32 heavy (non-hydrogen) atoms. The van der Waals surface area contributed by atoms with Gasteiger partial charge in [-0.3, -0.25) is 0 Å². The summed E-state index contributed by atoms with van der Waals surface area (Å²) in [4.78, 5) is 7.98. The molecule has 2 saturated heterocycles. The molecule has 2 aliphatic heterocycles. The number of aliphatic hydroxyl groups excluding tert-OH is 2. The van der Waals surface area contributed by atoms with Crippen molar-refractivity contribution in [3.63, 3.8) is 0 Å². The lowest BCUT2D eigenvalue weighted by Crippen LogP contribution is -2.34. The minimum absolute atomic E-state index is 0.103. The number of hydrogen-bond acceptors (Lipinski definition) is 6. The van der Waals surface area contributed by atoms with E-state index >= 15 is 0 Å². The highest BCUT2D eigenvalue weighted by atomic mass is 35.5. The minimum Gasteiger partial charge on any atom is -0.470 e. The number of H-pyrrole nitrogens is 1. The van der Waals surface area contributed by atoms with E-state index in [1.54, 1.807) is 0 Å². The quantitative estimate of drug-likeness (QED) is 0.545. The lowest BCUT2D eigenvalue weighted by molar-refractivity contribution is 0.00794. The van der Waals surface area contributed by atoms with E-state index < -0.39 is 6.10 Å². The predicted octanol–water partition coefficient (Wildman–Crippen LogP) is 3.20. The number of hydrogen-bond donors (Lipinski definition) is 3. The largest absolute Gasteiger partial charge is 0.470 e. The Labute approximate surface area is 190 Å². The summed E-state index contributed by atoms with van der Waals surface area (Å²) in [6, 6.07) is 11.9. The maximum Gasteiger partial charge on any atom is 0.193 e. The van der Waals surface area contributed by atoms with Crippen molar-refractivity contribution in [2.45, 2.75) is 55.7 Å². The van der Waals surface area contributed by atoms with E-state index in [9.17, 15) is 10.2 Å². The monoisotopic (exact) mass is 456 g/mol. The summed E-state index contributed by atoms with van der Waals surface area (Å²) < 4.78 is 17.3. The number of pyridine rings is 1. The van der Waals surface area contributed by atoms with Gasteiger partial charge >= 0.3 is 0 Å². The molecule has 0 radical (unpaired) electrons. The molecule has 168 valence electrons. The molecule has 1 aliphatic carbocycles. The molecule has 8 heteroatoms. The third-order valence-corrected chi connectivity index (χ3v) is 7.40. The number of halogens is 1. The number of aromatic amines is 1. The number of fused-ring (bicyclic) bond motifs is 2. The van der Waals surface area contributed by atoms with Crippen LogP contribution in [-0.4, -0.2) is 63.9 Å². The molecular weight excluding hydrogens is 432 g/mol. The van der Waals surface area contributed by atoms with Crippen LogP contribution in [0, 0.1) is 0 Å². The summed E-state index contributed by atoms with van der Waals surface area (Å²) in [5.74, 6) is 0.558. The summed E-state index contributed by atoms with van der Waals surface area (Å²) in [7, 11) is 0. The average Bonchev–Trinajstić information content (AvgIpc) is 3.18. The number of nitrogens with zero attached hydrogens (tertiary/aromatic N) is 1. The number of rotatable bonds is 5. The molecular formula is C24H25ClN2O5. The molecule has 0 amide bonds. The van der Waals surface area contributed by atoms with Crippen molar-refractivity contribution in [2.24, 2.45) is 0 Å². The second kappa shape index (κ2) is 7.43. The minimum atomic E-state index is -0.610. The molecule has 2 aromatic heterocycles. The normalized spacial score (nSPS) is 29.2. The molecule has 0 spiro atoms. The summed E-state index contributed by atoms with van der Waals surface area (Å²) >= 11 is 6.57. The first-order valence-corrected chi connectivity index (χ1v) is 11.4. The Kier molecular flexibility index (Phi) is 4.75. The highest BCUT2D eigenvalue weighted by Gasteiger charge is 2.49. The number of ether oxygens (including phenoxy) is 3. The van der Waals surface area contributed by atoms with Gasteiger partial charge in [-0.05, 0) is 31.4 Å². The van der Waals surface area contributed by atoms with Crippen LogP contribution in [0.15, 0.2) is 36.4 Å². The highest BCUT2D eigenvalue weighted by Crippen LogP contribution is 2.51. The van der Waals surface area contributed by atoms with Crippen molar-refractivity contribution in [2.75, 3.05) is 13.2 Å². The number of benzene rings is 1. The van der Waals surface area contributed by atoms with Gasteiger partial charge in [-0.15, -0.1) is 0 Å². The van der Waals surface area contributed by atoms with Crippen molar-refractivity contribution in [1.82, 2.24) is 9.97 Å². The smallest absolute Gasteiger partial charge is 0.193 e. The van der Waals surface area contributed by atoms with Crippen LogP contribution in [0.2, 0.25) is 5.02 Å². The third-order valence-electron chi connectivity index (χ3n) is 7.11. The maximum atomic E-state index is 10.1. The standard InChI is InChI=1S/C24H25ClN2O5/c1-12(28)24(6-7-24)14-4-2-13(3-5-14)21-15(25)8-16-17(27-21)9-20(26-16)32-19-11-31-22-18(29)10-30-23(19)22/h2-5,8-9,12,18-19,22-23,26,28-29H,6-7,10-11H2,1H3/t12?,18-,19-,22?,23-/m1/s1. The second-order valence-electron chi connectivity index (χ2n) is 9.11. The maximum absolute atomic E-state index is 10.1. The van der Waals surface area contributed by atoms with Crippen molar-refractivity contribution >= 4 is 22.6 Å². The van der Waals surface area contributed by atoms with Crippen LogP contribution >= 0.6 is 11.6 Å². The van der Waals surface area contributed by atoms with Gasteiger partial charge in [0.15, 0.2) is 12.0 Å². The Bertz CT molecular complexity index is 1160. The van der Waals surface area contributed by atoms with Crippen LogP contribution in [-0.2, 0) is 14.9 Å². The topological polar surface area (TPSA) is 96.8 Å². The first kappa shape index (κ1) is 20.4. The van der Waals surface area contributed by atoms with E-state index in [0.717, 1.165) is 35.0 Å². The summed E-state index contributed by atoms with van der Waals surface area (Å²) in [6.07, 6.45) is 0.145. The van der Waals surface area contributed by atoms with Gasteiger partial charge < -0.3 is 29.4 Å². The van der Waals surface area contributed by atoms with Crippen molar-refractivity contribution in [3.05, 3.63) is 47.0 Å². The third kappa shape index (κ3) is 3.23. The lowest BCUT2D eigenvalue weighted by atomic mass is 9.90. The summed E-state index contributed by atoms with van der Waals surface area (Å²) in [5, 5.41) is 20.6. The first-order chi connectivity index (χ1) is 15.4. The Morgan fingerprint density at radius 3 is 2.62 bits per heavy atom. The van der Waals surface area contributed by atoms with Gasteiger partial charge in [-0.25, -0.2) is 4.98 Å². The molecule has 6 rings (SSSR count). The fourth-order valence-electron chi connectivity index (χ4n) is 5.02. The number of aromatic nitrogens is 2. The zero-order valence-corrected chi connectivity index (χ0v) is 18.4. The molecule has 4 heterocycles. The molecule has 3 aromatic rings. The molecule has 0 bridgehead atoms. The van der Waals surface area contributed by atoms with E-state index in [4.69, 9.17) is 30.8 Å². The van der Waals surface area contributed by atoms with Gasteiger partial charge in [-0.2, -0.15) is 0 Å². The average molecular weight is 457 g/mol. The molecule has 5 atom stereocenters. The Morgan fingerprint density at radius 2 is 1.91 bits per heavy atom. The molecule has 3 N–H and O–H groups in total. The number of nitrogens with one attached hydrogen (secondary N) is 1. The van der Waals surface area contributed by atoms with Gasteiger partial charge in [0.05, 0.1) is 41.1 Å². The van der Waals surface area contributed by atoms with Crippen LogP contribution < -0.4 is 4.74 Å². The van der Waals surface area contributed by atoms with Crippen molar-refractivity contribution < 1.29 is 24.4 Å². The Hall–Kier alpha value is -2.16. The zero-order valence-electron chi connectivity index (χ0n) is 17.6. The van der Waals surface area contributed by atoms with E-state index in [2.05, 4.69) is 17.1 Å². The SMILES string of the molecule is CC(O)C1(c2ccc(-c3nc4cc(O[C@@H]5COC6[C@H](O)CO[C@@H]65)[nH]c4cc3Cl)cc2)CC1. The predicted molar refractivity (Wildman–Crippen MR) is 119 cm³/mol. The van der Waals surface area contributed by atoms with Gasteiger partial charge in [0.2, 0.25) is 0 Å². The molecule has 2 unspecified atom stereocenters. The molecule has 3 aliphatic rings. The fraction of sp³-hybridized carbons (Fsp3) is 0.458. The molecule has 3 fully saturated rings. The highest BCUT2D eigenvalue weighted by molar-refractivity contribution is 6.33. The zero-order chi connectivity index (χ0) is 22.0. The molecule has 1 aromatic carbocycles. The van der Waals surface area contributed by atoms with Gasteiger partial charge in [0.25, 0.3) is 0 Å². The van der Waals surface area contributed by atoms with Gasteiger partial charge in [0, 0.05) is 17.0 Å². The van der Waals surface area contributed by atoms with E-state index in [0.29, 0.717) is 23.2 Å². The van der Waals surface area contributed by atoms with E-state index in [-0.39, 0.29) is 36.4 Å². The van der Waals surface area contributed by atoms with Crippen LogP contribution in [0.1, 0.15) is 25.3 Å². The van der Waals surface area contributed by atoms with Crippen LogP contribution in [0.4, 0.5) is 0 Å². The number of aliphatic hydroxyl groups is 2. The molecule has 7 nitrogen and oxygen atoms in total. The van der Waals surface area contributed by atoms with E-state index in [1.165, 1.54) is 0 Å². The lowest BCUT2D eigenvalue weighted by Gasteiger charge is -2.19. The first-order valence-electron chi connectivity index (χ1n) is 11.0. The Morgan fingerprint density at radius 1 is 1.16 bits per heavy atom. The van der Waals surface area contributed by atoms with Crippen LogP contribution in [0.3, 0.4) is 0 Å². The van der Waals surface area contributed by atoms with Crippen molar-refractivity contribution in [3.8, 4) is 17.1 Å². The van der Waals surface area contributed by atoms with E-state index in [1.807, 2.05) is 31.2 Å². The van der Waals surface area contributed by atoms with Crippen molar-refractivity contribution in [1.29, 1.82) is 0 Å².